The predicted octanol–water partition coefficient (Wildman–Crippen LogP) is 1.94. The summed E-state index contributed by atoms with van der Waals surface area (Å²) in [6, 6.07) is 8.55. The van der Waals surface area contributed by atoms with E-state index >= 15 is 0 Å². The Balaban J connectivity index is 1.77. The number of hydrogen-bond acceptors (Lipinski definition) is 5. The first-order valence-electron chi connectivity index (χ1n) is 7.03. The molecular weight excluding hydrogens is 316 g/mol. The van der Waals surface area contributed by atoms with E-state index in [0.29, 0.717) is 17.9 Å². The second-order valence-corrected chi connectivity index (χ2v) is 5.58. The van der Waals surface area contributed by atoms with Gasteiger partial charge in [-0.15, -0.1) is 0 Å². The maximum atomic E-state index is 11.8. The number of anilines is 1. The molecule has 2 aromatic rings. The molecule has 1 unspecified atom stereocenters. The van der Waals surface area contributed by atoms with E-state index in [1.807, 2.05) is 16.8 Å². The Morgan fingerprint density at radius 1 is 1.30 bits per heavy atom. The molecule has 6 nitrogen and oxygen atoms in total. The van der Waals surface area contributed by atoms with Gasteiger partial charge in [-0.05, 0) is 40.9 Å². The number of rotatable bonds is 6. The minimum Gasteiger partial charge on any atom is -0.497 e. The van der Waals surface area contributed by atoms with Crippen LogP contribution in [0.15, 0.2) is 41.1 Å². The van der Waals surface area contributed by atoms with E-state index < -0.39 is 17.9 Å². The summed E-state index contributed by atoms with van der Waals surface area (Å²) in [5, 5.41) is 18.6. The summed E-state index contributed by atoms with van der Waals surface area (Å²) >= 11 is 1.50. The first-order valence-corrected chi connectivity index (χ1v) is 7.98. The second kappa shape index (κ2) is 8.30. The summed E-state index contributed by atoms with van der Waals surface area (Å²) in [7, 11) is 1.52. The van der Waals surface area contributed by atoms with Crippen molar-refractivity contribution in [2.24, 2.45) is 0 Å². The largest absolute Gasteiger partial charge is 0.497 e. The van der Waals surface area contributed by atoms with E-state index in [1.54, 1.807) is 24.3 Å². The molecule has 23 heavy (non-hydrogen) atoms. The van der Waals surface area contributed by atoms with Crippen molar-refractivity contribution in [1.82, 2.24) is 5.32 Å². The zero-order valence-corrected chi connectivity index (χ0v) is 13.4. The Morgan fingerprint density at radius 2 is 2.13 bits per heavy atom. The molecule has 1 aromatic carbocycles. The number of aliphatic hydroxyl groups is 1. The fraction of sp³-hybridized carbons (Fsp3) is 0.250. The molecule has 0 saturated carbocycles. The average Bonchev–Trinajstić information content (AvgIpc) is 3.09. The van der Waals surface area contributed by atoms with Gasteiger partial charge in [-0.25, -0.2) is 0 Å². The van der Waals surface area contributed by atoms with Crippen LogP contribution in [0.2, 0.25) is 0 Å². The zero-order chi connectivity index (χ0) is 16.7. The third-order valence-electron chi connectivity index (χ3n) is 3.17. The predicted molar refractivity (Wildman–Crippen MR) is 88.5 cm³/mol. The Labute approximate surface area is 138 Å². The molecule has 3 N–H and O–H groups in total. The number of carbonyl (C=O) groups excluding carboxylic acids is 2. The number of benzene rings is 1. The van der Waals surface area contributed by atoms with Crippen LogP contribution in [0.3, 0.4) is 0 Å². The van der Waals surface area contributed by atoms with Crippen molar-refractivity contribution in [2.75, 3.05) is 19.0 Å². The summed E-state index contributed by atoms with van der Waals surface area (Å²) in [4.78, 5) is 23.5. The van der Waals surface area contributed by atoms with Crippen LogP contribution in [0.5, 0.6) is 5.75 Å². The number of ether oxygens (including phenoxy) is 1. The van der Waals surface area contributed by atoms with Gasteiger partial charge >= 0.3 is 11.8 Å². The topological polar surface area (TPSA) is 87.7 Å². The lowest BCUT2D eigenvalue weighted by Gasteiger charge is -2.10. The van der Waals surface area contributed by atoms with Crippen molar-refractivity contribution in [3.63, 3.8) is 0 Å². The number of methoxy groups -OCH3 is 1. The standard InChI is InChI=1S/C16H18N2O4S/c1-22-13-4-2-3-12(9-13)18-16(21)15(20)17-7-5-14(19)11-6-8-23-10-11/h2-4,6,8-10,14,19H,5,7H2,1H3,(H,17,20)(H,18,21). The third-order valence-corrected chi connectivity index (χ3v) is 3.87. The summed E-state index contributed by atoms with van der Waals surface area (Å²) in [6.45, 7) is 0.210. The summed E-state index contributed by atoms with van der Waals surface area (Å²) in [6.07, 6.45) is -0.308. The van der Waals surface area contributed by atoms with Gasteiger partial charge in [0.2, 0.25) is 0 Å². The van der Waals surface area contributed by atoms with E-state index in [0.717, 1.165) is 5.56 Å². The van der Waals surface area contributed by atoms with Crippen LogP contribution < -0.4 is 15.4 Å². The van der Waals surface area contributed by atoms with Crippen LogP contribution in [0.4, 0.5) is 5.69 Å². The molecule has 0 saturated heterocycles. The Kier molecular flexibility index (Phi) is 6.13. The third kappa shape index (κ3) is 5.08. The summed E-state index contributed by atoms with van der Waals surface area (Å²) < 4.78 is 5.04. The molecule has 0 aliphatic rings. The molecule has 7 heteroatoms. The van der Waals surface area contributed by atoms with E-state index in [-0.39, 0.29) is 6.54 Å². The van der Waals surface area contributed by atoms with Crippen LogP contribution >= 0.6 is 11.3 Å². The first-order chi connectivity index (χ1) is 11.1. The molecule has 2 rings (SSSR count). The lowest BCUT2D eigenvalue weighted by Crippen LogP contribution is -2.36. The molecule has 0 aliphatic carbocycles. The maximum Gasteiger partial charge on any atom is 0.313 e. The van der Waals surface area contributed by atoms with Crippen LogP contribution in [0, 0.1) is 0 Å². The van der Waals surface area contributed by atoms with E-state index in [4.69, 9.17) is 4.74 Å². The van der Waals surface area contributed by atoms with Crippen LogP contribution in [0.1, 0.15) is 18.1 Å². The zero-order valence-electron chi connectivity index (χ0n) is 12.6. The molecule has 2 amide bonds. The highest BCUT2D eigenvalue weighted by Gasteiger charge is 2.15. The monoisotopic (exact) mass is 334 g/mol. The van der Waals surface area contributed by atoms with Gasteiger partial charge in [0.25, 0.3) is 0 Å². The molecule has 0 fully saturated rings. The molecule has 1 heterocycles. The smallest absolute Gasteiger partial charge is 0.313 e. The fourth-order valence-corrected chi connectivity index (χ4v) is 2.63. The van der Waals surface area contributed by atoms with E-state index in [2.05, 4.69) is 10.6 Å². The quantitative estimate of drug-likeness (QED) is 0.705. The highest BCUT2D eigenvalue weighted by atomic mass is 32.1. The van der Waals surface area contributed by atoms with Gasteiger partial charge < -0.3 is 20.5 Å². The number of amides is 2. The average molecular weight is 334 g/mol. The number of aliphatic hydroxyl groups excluding tert-OH is 1. The minimum absolute atomic E-state index is 0.210. The van der Waals surface area contributed by atoms with Crippen LogP contribution in [-0.4, -0.2) is 30.6 Å². The van der Waals surface area contributed by atoms with Crippen molar-refractivity contribution in [1.29, 1.82) is 0 Å². The minimum atomic E-state index is -0.761. The van der Waals surface area contributed by atoms with Crippen LogP contribution in [0.25, 0.3) is 0 Å². The van der Waals surface area contributed by atoms with Gasteiger partial charge in [-0.2, -0.15) is 11.3 Å². The van der Waals surface area contributed by atoms with E-state index in [1.165, 1.54) is 18.4 Å². The molecule has 1 atom stereocenters. The number of hydrogen-bond donors (Lipinski definition) is 3. The van der Waals surface area contributed by atoms with Gasteiger partial charge in [0, 0.05) is 18.3 Å². The van der Waals surface area contributed by atoms with Crippen molar-refractivity contribution in [2.45, 2.75) is 12.5 Å². The van der Waals surface area contributed by atoms with Gasteiger partial charge in [0.1, 0.15) is 5.75 Å². The van der Waals surface area contributed by atoms with Crippen molar-refractivity contribution in [3.05, 3.63) is 46.7 Å². The normalized spacial score (nSPS) is 11.6. The fourth-order valence-electron chi connectivity index (χ4n) is 1.92. The van der Waals surface area contributed by atoms with E-state index in [9.17, 15) is 14.7 Å². The molecular formula is C16H18N2O4S. The SMILES string of the molecule is COc1cccc(NC(=O)C(=O)NCCC(O)c2ccsc2)c1. The molecule has 1 aromatic heterocycles. The molecule has 0 bridgehead atoms. The summed E-state index contributed by atoms with van der Waals surface area (Å²) in [5.74, 6) is -0.921. The number of thiophene rings is 1. The van der Waals surface area contributed by atoms with Crippen LogP contribution in [-0.2, 0) is 9.59 Å². The Bertz CT molecular complexity index is 658. The maximum absolute atomic E-state index is 11.8. The highest BCUT2D eigenvalue weighted by molar-refractivity contribution is 7.07. The van der Waals surface area contributed by atoms with Crippen molar-refractivity contribution < 1.29 is 19.4 Å². The van der Waals surface area contributed by atoms with Gasteiger partial charge in [0.15, 0.2) is 0 Å². The first kappa shape index (κ1) is 17.0. The second-order valence-electron chi connectivity index (χ2n) is 4.80. The lowest BCUT2D eigenvalue weighted by atomic mass is 10.1. The Hall–Kier alpha value is -2.38. The van der Waals surface area contributed by atoms with Gasteiger partial charge in [-0.1, -0.05) is 6.07 Å². The van der Waals surface area contributed by atoms with Crippen molar-refractivity contribution >= 4 is 28.8 Å². The number of nitrogens with one attached hydrogen (secondary N) is 2. The highest BCUT2D eigenvalue weighted by Crippen LogP contribution is 2.18. The molecule has 0 spiro atoms. The lowest BCUT2D eigenvalue weighted by molar-refractivity contribution is -0.136. The van der Waals surface area contributed by atoms with Crippen molar-refractivity contribution in [3.8, 4) is 5.75 Å². The molecule has 122 valence electrons. The Morgan fingerprint density at radius 3 is 2.83 bits per heavy atom. The number of carbonyl (C=O) groups is 2. The molecule has 0 radical (unpaired) electrons. The van der Waals surface area contributed by atoms with Gasteiger partial charge in [-0.3, -0.25) is 9.59 Å². The molecule has 0 aliphatic heterocycles. The summed E-state index contributed by atoms with van der Waals surface area (Å²) in [5.41, 5.74) is 1.29. The van der Waals surface area contributed by atoms with Gasteiger partial charge in [0.05, 0.1) is 13.2 Å².